The SMILES string of the molecule is CC(C)(C)OC(=O)[C@@H]1C[C@@H]2[C@H](N1C(=O)[C@@H]1CCCN1C(=O)OC(C)(C)C)C2(F)F. The van der Waals surface area contributed by atoms with E-state index in [9.17, 15) is 23.2 Å². The van der Waals surface area contributed by atoms with Crippen molar-refractivity contribution in [3.63, 3.8) is 0 Å². The maximum atomic E-state index is 14.1. The van der Waals surface area contributed by atoms with Gasteiger partial charge in [0.1, 0.15) is 29.3 Å². The molecule has 29 heavy (non-hydrogen) atoms. The van der Waals surface area contributed by atoms with Crippen LogP contribution in [0.5, 0.6) is 0 Å². The Hall–Kier alpha value is -1.93. The zero-order chi connectivity index (χ0) is 21.9. The van der Waals surface area contributed by atoms with Crippen molar-refractivity contribution in [3.8, 4) is 0 Å². The number of hydrogen-bond acceptors (Lipinski definition) is 5. The van der Waals surface area contributed by atoms with Crippen LogP contribution in [0.1, 0.15) is 60.8 Å². The zero-order valence-corrected chi connectivity index (χ0v) is 17.8. The molecule has 0 aromatic heterocycles. The molecule has 164 valence electrons. The number of carbonyl (C=O) groups excluding carboxylic acids is 3. The quantitative estimate of drug-likeness (QED) is 0.647. The van der Waals surface area contributed by atoms with Gasteiger partial charge in [0.2, 0.25) is 5.91 Å². The van der Waals surface area contributed by atoms with Crippen molar-refractivity contribution in [2.24, 2.45) is 5.92 Å². The molecule has 3 rings (SSSR count). The fourth-order valence-electron chi connectivity index (χ4n) is 4.19. The van der Waals surface area contributed by atoms with Crippen LogP contribution in [0.2, 0.25) is 0 Å². The predicted molar refractivity (Wildman–Crippen MR) is 99.3 cm³/mol. The lowest BCUT2D eigenvalue weighted by molar-refractivity contribution is -0.166. The fourth-order valence-corrected chi connectivity index (χ4v) is 4.19. The van der Waals surface area contributed by atoms with Crippen LogP contribution in [0.25, 0.3) is 0 Å². The smallest absolute Gasteiger partial charge is 0.410 e. The molecular weight excluding hydrogens is 386 g/mol. The lowest BCUT2D eigenvalue weighted by Crippen LogP contribution is -2.55. The molecule has 2 heterocycles. The van der Waals surface area contributed by atoms with Crippen LogP contribution >= 0.6 is 0 Å². The number of alkyl halides is 2. The van der Waals surface area contributed by atoms with Crippen molar-refractivity contribution < 1.29 is 32.6 Å². The Labute approximate surface area is 169 Å². The third-order valence-corrected chi connectivity index (χ3v) is 5.37. The van der Waals surface area contributed by atoms with Crippen LogP contribution in [-0.2, 0) is 19.1 Å². The van der Waals surface area contributed by atoms with Crippen molar-refractivity contribution in [1.29, 1.82) is 0 Å². The molecule has 3 fully saturated rings. The number of piperidine rings is 1. The number of ether oxygens (including phenoxy) is 2. The van der Waals surface area contributed by atoms with Crippen LogP contribution < -0.4 is 0 Å². The van der Waals surface area contributed by atoms with Gasteiger partial charge in [0, 0.05) is 6.54 Å². The highest BCUT2D eigenvalue weighted by atomic mass is 19.3. The summed E-state index contributed by atoms with van der Waals surface area (Å²) in [6, 6.07) is -3.28. The molecule has 0 aromatic carbocycles. The highest BCUT2D eigenvalue weighted by Crippen LogP contribution is 2.60. The summed E-state index contributed by atoms with van der Waals surface area (Å²) in [5, 5.41) is 0. The van der Waals surface area contributed by atoms with Gasteiger partial charge in [-0.25, -0.2) is 18.4 Å². The number of amides is 2. The van der Waals surface area contributed by atoms with Crippen molar-refractivity contribution in [2.45, 2.75) is 96.1 Å². The van der Waals surface area contributed by atoms with E-state index in [0.29, 0.717) is 19.4 Å². The monoisotopic (exact) mass is 416 g/mol. The van der Waals surface area contributed by atoms with E-state index in [4.69, 9.17) is 9.47 Å². The number of rotatable bonds is 2. The van der Waals surface area contributed by atoms with Gasteiger partial charge in [0.15, 0.2) is 0 Å². The first-order chi connectivity index (χ1) is 13.1. The van der Waals surface area contributed by atoms with Gasteiger partial charge in [-0.2, -0.15) is 0 Å². The van der Waals surface area contributed by atoms with Crippen molar-refractivity contribution >= 4 is 18.0 Å². The van der Waals surface area contributed by atoms with E-state index < -0.39 is 59.1 Å². The molecule has 7 nitrogen and oxygen atoms in total. The molecule has 0 unspecified atom stereocenters. The molecule has 0 spiro atoms. The Balaban J connectivity index is 1.80. The van der Waals surface area contributed by atoms with E-state index in [0.717, 1.165) is 4.90 Å². The summed E-state index contributed by atoms with van der Waals surface area (Å²) >= 11 is 0. The van der Waals surface area contributed by atoms with Gasteiger partial charge in [0.05, 0.1) is 5.92 Å². The second-order valence-electron chi connectivity index (χ2n) is 10.1. The lowest BCUT2D eigenvalue weighted by atomic mass is 10.1. The number of fused-ring (bicyclic) bond motifs is 1. The predicted octanol–water partition coefficient (Wildman–Crippen LogP) is 2.96. The summed E-state index contributed by atoms with van der Waals surface area (Å²) < 4.78 is 39.0. The highest BCUT2D eigenvalue weighted by molar-refractivity contribution is 5.92. The van der Waals surface area contributed by atoms with Crippen LogP contribution in [0.4, 0.5) is 13.6 Å². The third kappa shape index (κ3) is 4.19. The first-order valence-electron chi connectivity index (χ1n) is 10.1. The summed E-state index contributed by atoms with van der Waals surface area (Å²) in [5.41, 5.74) is -1.54. The van der Waals surface area contributed by atoms with Crippen LogP contribution in [-0.4, -0.2) is 69.6 Å². The minimum absolute atomic E-state index is 0.128. The number of hydrogen-bond donors (Lipinski definition) is 0. The summed E-state index contributed by atoms with van der Waals surface area (Å²) in [6.07, 6.45) is 0.127. The van der Waals surface area contributed by atoms with Gasteiger partial charge in [-0.1, -0.05) is 0 Å². The normalized spacial score (nSPS) is 30.8. The van der Waals surface area contributed by atoms with Crippen molar-refractivity contribution in [1.82, 2.24) is 9.80 Å². The number of likely N-dealkylation sites (tertiary alicyclic amines) is 2. The van der Waals surface area contributed by atoms with Gasteiger partial charge < -0.3 is 14.4 Å². The maximum absolute atomic E-state index is 14.1. The molecule has 0 aromatic rings. The Morgan fingerprint density at radius 2 is 1.55 bits per heavy atom. The number of carbonyl (C=O) groups is 3. The molecule has 2 saturated heterocycles. The zero-order valence-electron chi connectivity index (χ0n) is 17.8. The van der Waals surface area contributed by atoms with Gasteiger partial charge in [-0.15, -0.1) is 0 Å². The molecule has 4 atom stereocenters. The molecule has 2 aliphatic heterocycles. The van der Waals surface area contributed by atoms with Crippen LogP contribution in [0, 0.1) is 5.92 Å². The van der Waals surface area contributed by atoms with E-state index in [1.54, 1.807) is 41.5 Å². The van der Waals surface area contributed by atoms with Crippen LogP contribution in [0.3, 0.4) is 0 Å². The Kier molecular flexibility index (Phi) is 5.11. The summed E-state index contributed by atoms with van der Waals surface area (Å²) in [4.78, 5) is 40.6. The third-order valence-electron chi connectivity index (χ3n) is 5.37. The molecule has 0 bridgehead atoms. The number of esters is 1. The first kappa shape index (κ1) is 21.8. The van der Waals surface area contributed by atoms with E-state index in [1.165, 1.54) is 4.90 Å². The van der Waals surface area contributed by atoms with Gasteiger partial charge in [-0.05, 0) is 60.8 Å². The fraction of sp³-hybridized carbons (Fsp3) is 0.850. The molecular formula is C20H30F2N2O5. The average molecular weight is 416 g/mol. The highest BCUT2D eigenvalue weighted by Gasteiger charge is 2.78. The standard InChI is InChI=1S/C20H30F2N2O5/c1-18(2,3)28-16(26)13-10-11-14(20(11,21)22)24(13)15(25)12-8-7-9-23(12)17(27)29-19(4,5)6/h11-14H,7-10H2,1-6H3/t11-,12+,13+,14+/m1/s1. The van der Waals surface area contributed by atoms with Crippen molar-refractivity contribution in [2.75, 3.05) is 6.54 Å². The second-order valence-corrected chi connectivity index (χ2v) is 10.1. The van der Waals surface area contributed by atoms with E-state index in [2.05, 4.69) is 0 Å². The van der Waals surface area contributed by atoms with E-state index in [-0.39, 0.29) is 6.42 Å². The Morgan fingerprint density at radius 1 is 0.966 bits per heavy atom. The molecule has 3 aliphatic rings. The van der Waals surface area contributed by atoms with E-state index in [1.807, 2.05) is 0 Å². The lowest BCUT2D eigenvalue weighted by Gasteiger charge is -2.34. The topological polar surface area (TPSA) is 76.2 Å². The second kappa shape index (κ2) is 6.80. The van der Waals surface area contributed by atoms with Gasteiger partial charge in [0.25, 0.3) is 5.92 Å². The Morgan fingerprint density at radius 3 is 2.10 bits per heavy atom. The summed E-state index contributed by atoms with van der Waals surface area (Å²) in [6.45, 7) is 10.5. The van der Waals surface area contributed by atoms with Gasteiger partial charge in [-0.3, -0.25) is 9.69 Å². The maximum Gasteiger partial charge on any atom is 0.410 e. The molecule has 0 radical (unpaired) electrons. The van der Waals surface area contributed by atoms with Gasteiger partial charge >= 0.3 is 12.1 Å². The average Bonchev–Trinajstić information content (AvgIpc) is 2.98. The minimum atomic E-state index is -3.01. The minimum Gasteiger partial charge on any atom is -0.458 e. The molecule has 9 heteroatoms. The summed E-state index contributed by atoms with van der Waals surface area (Å²) in [5.74, 6) is -5.37. The van der Waals surface area contributed by atoms with Crippen molar-refractivity contribution in [3.05, 3.63) is 0 Å². The number of nitrogens with zero attached hydrogens (tertiary/aromatic N) is 2. The van der Waals surface area contributed by atoms with Crippen LogP contribution in [0.15, 0.2) is 0 Å². The Bertz CT molecular complexity index is 713. The number of halogens is 2. The molecule has 2 amide bonds. The summed E-state index contributed by atoms with van der Waals surface area (Å²) in [7, 11) is 0. The largest absolute Gasteiger partial charge is 0.458 e. The van der Waals surface area contributed by atoms with E-state index >= 15 is 0 Å². The molecule has 1 aliphatic carbocycles. The molecule has 0 N–H and O–H groups in total. The molecule has 1 saturated carbocycles. The first-order valence-corrected chi connectivity index (χ1v) is 10.1.